The average molecular weight is 277 g/mol. The Labute approximate surface area is 118 Å². The molecule has 1 atom stereocenters. The number of ether oxygens (including phenoxy) is 1. The maximum Gasteiger partial charge on any atom is 0.138 e. The predicted molar refractivity (Wildman–Crippen MR) is 77.4 cm³/mol. The van der Waals surface area contributed by atoms with Gasteiger partial charge in [-0.3, -0.25) is 4.98 Å². The highest BCUT2D eigenvalue weighted by Crippen LogP contribution is 2.15. The van der Waals surface area contributed by atoms with Crippen molar-refractivity contribution in [3.8, 4) is 5.75 Å². The SMILES string of the molecule is CC(N)Cc1ccc(OCc2cccc(Cl)c2)cn1. The van der Waals surface area contributed by atoms with Gasteiger partial charge in [0.15, 0.2) is 0 Å². The lowest BCUT2D eigenvalue weighted by Gasteiger charge is -2.08. The number of hydrogen-bond donors (Lipinski definition) is 1. The third-order valence-corrected chi connectivity index (χ3v) is 2.86. The minimum absolute atomic E-state index is 0.116. The standard InChI is InChI=1S/C15H17ClN2O/c1-11(17)7-14-5-6-15(9-18-14)19-10-12-3-2-4-13(16)8-12/h2-6,8-9,11H,7,10,17H2,1H3. The number of rotatable bonds is 5. The third-order valence-electron chi connectivity index (χ3n) is 2.62. The van der Waals surface area contributed by atoms with Crippen LogP contribution in [-0.4, -0.2) is 11.0 Å². The van der Waals surface area contributed by atoms with Gasteiger partial charge < -0.3 is 10.5 Å². The van der Waals surface area contributed by atoms with Crippen molar-refractivity contribution in [2.75, 3.05) is 0 Å². The van der Waals surface area contributed by atoms with Crippen LogP contribution in [0.25, 0.3) is 0 Å². The minimum atomic E-state index is 0.116. The van der Waals surface area contributed by atoms with E-state index in [-0.39, 0.29) is 6.04 Å². The molecule has 0 bridgehead atoms. The zero-order chi connectivity index (χ0) is 13.7. The van der Waals surface area contributed by atoms with E-state index in [1.165, 1.54) is 0 Å². The number of hydrogen-bond acceptors (Lipinski definition) is 3. The predicted octanol–water partition coefficient (Wildman–Crippen LogP) is 3.20. The van der Waals surface area contributed by atoms with Crippen LogP contribution < -0.4 is 10.5 Å². The molecule has 19 heavy (non-hydrogen) atoms. The first kappa shape index (κ1) is 13.8. The Morgan fingerprint density at radius 1 is 1.32 bits per heavy atom. The lowest BCUT2D eigenvalue weighted by molar-refractivity contribution is 0.305. The Hall–Kier alpha value is -1.58. The Balaban J connectivity index is 1.93. The number of nitrogens with zero attached hydrogens (tertiary/aromatic N) is 1. The van der Waals surface area contributed by atoms with Crippen LogP contribution >= 0.6 is 11.6 Å². The smallest absolute Gasteiger partial charge is 0.138 e. The summed E-state index contributed by atoms with van der Waals surface area (Å²) in [5, 5.41) is 0.714. The highest BCUT2D eigenvalue weighted by molar-refractivity contribution is 6.30. The first-order valence-corrected chi connectivity index (χ1v) is 6.59. The molecule has 2 rings (SSSR count). The normalized spacial score (nSPS) is 12.2. The summed E-state index contributed by atoms with van der Waals surface area (Å²) in [4.78, 5) is 4.32. The third kappa shape index (κ3) is 4.54. The number of halogens is 1. The average Bonchev–Trinajstić information content (AvgIpc) is 2.37. The number of aromatic nitrogens is 1. The van der Waals surface area contributed by atoms with Crippen LogP contribution in [-0.2, 0) is 13.0 Å². The quantitative estimate of drug-likeness (QED) is 0.912. The first-order valence-electron chi connectivity index (χ1n) is 6.21. The summed E-state index contributed by atoms with van der Waals surface area (Å²) in [5.74, 6) is 0.744. The van der Waals surface area contributed by atoms with Crippen LogP contribution in [0.5, 0.6) is 5.75 Å². The molecule has 1 aromatic heterocycles. The van der Waals surface area contributed by atoms with Gasteiger partial charge in [-0.25, -0.2) is 0 Å². The molecule has 0 amide bonds. The second-order valence-corrected chi connectivity index (χ2v) is 5.02. The van der Waals surface area contributed by atoms with Crippen molar-refractivity contribution in [2.45, 2.75) is 26.0 Å². The zero-order valence-electron chi connectivity index (χ0n) is 10.8. The Kier molecular flexibility index (Phi) is 4.77. The fraction of sp³-hybridized carbons (Fsp3) is 0.267. The van der Waals surface area contributed by atoms with Crippen LogP contribution in [0.15, 0.2) is 42.6 Å². The maximum atomic E-state index is 5.92. The van der Waals surface area contributed by atoms with Gasteiger partial charge in [-0.15, -0.1) is 0 Å². The van der Waals surface area contributed by atoms with Gasteiger partial charge in [-0.05, 0) is 36.8 Å². The largest absolute Gasteiger partial charge is 0.487 e. The van der Waals surface area contributed by atoms with Gasteiger partial charge >= 0.3 is 0 Å². The van der Waals surface area contributed by atoms with Crippen LogP contribution in [0, 0.1) is 0 Å². The molecule has 0 saturated heterocycles. The summed E-state index contributed by atoms with van der Waals surface area (Å²) in [6.07, 6.45) is 2.50. The second kappa shape index (κ2) is 6.55. The summed E-state index contributed by atoms with van der Waals surface area (Å²) >= 11 is 5.92. The minimum Gasteiger partial charge on any atom is -0.487 e. The molecule has 0 aliphatic carbocycles. The van der Waals surface area contributed by atoms with E-state index in [0.29, 0.717) is 11.6 Å². The van der Waals surface area contributed by atoms with Crippen LogP contribution in [0.4, 0.5) is 0 Å². The van der Waals surface area contributed by atoms with Crippen LogP contribution in [0.1, 0.15) is 18.2 Å². The lowest BCUT2D eigenvalue weighted by Crippen LogP contribution is -2.18. The van der Waals surface area contributed by atoms with E-state index in [1.54, 1.807) is 6.20 Å². The summed E-state index contributed by atoms with van der Waals surface area (Å²) < 4.78 is 5.65. The van der Waals surface area contributed by atoms with Crippen molar-refractivity contribution in [1.82, 2.24) is 4.98 Å². The van der Waals surface area contributed by atoms with E-state index < -0.39 is 0 Å². The molecule has 0 radical (unpaired) electrons. The molecule has 100 valence electrons. The zero-order valence-corrected chi connectivity index (χ0v) is 11.6. The van der Waals surface area contributed by atoms with Crippen molar-refractivity contribution < 1.29 is 4.74 Å². The molecule has 0 aliphatic heterocycles. The molecule has 4 heteroatoms. The molecule has 0 fully saturated rings. The maximum absolute atomic E-state index is 5.92. The number of benzene rings is 1. The van der Waals surface area contributed by atoms with Crippen molar-refractivity contribution in [3.63, 3.8) is 0 Å². The fourth-order valence-electron chi connectivity index (χ4n) is 1.74. The van der Waals surface area contributed by atoms with Gasteiger partial charge in [0.05, 0.1) is 6.20 Å². The summed E-state index contributed by atoms with van der Waals surface area (Å²) in [5.41, 5.74) is 7.74. The summed E-state index contributed by atoms with van der Waals surface area (Å²) in [7, 11) is 0. The Morgan fingerprint density at radius 3 is 2.79 bits per heavy atom. The van der Waals surface area contributed by atoms with Crippen molar-refractivity contribution in [3.05, 3.63) is 58.9 Å². The van der Waals surface area contributed by atoms with Crippen molar-refractivity contribution in [2.24, 2.45) is 5.73 Å². The first-order chi connectivity index (χ1) is 9.13. The Morgan fingerprint density at radius 2 is 2.16 bits per heavy atom. The molecule has 0 spiro atoms. The van der Waals surface area contributed by atoms with Crippen LogP contribution in [0.3, 0.4) is 0 Å². The molecule has 3 nitrogen and oxygen atoms in total. The summed E-state index contributed by atoms with van der Waals surface area (Å²) in [6.45, 7) is 2.44. The topological polar surface area (TPSA) is 48.1 Å². The van der Waals surface area contributed by atoms with E-state index in [0.717, 1.165) is 23.4 Å². The van der Waals surface area contributed by atoms with E-state index in [2.05, 4.69) is 4.98 Å². The molecular formula is C15H17ClN2O. The molecule has 1 heterocycles. The van der Waals surface area contributed by atoms with E-state index in [4.69, 9.17) is 22.1 Å². The fourth-order valence-corrected chi connectivity index (χ4v) is 1.95. The second-order valence-electron chi connectivity index (χ2n) is 4.59. The van der Waals surface area contributed by atoms with Gasteiger partial charge in [-0.2, -0.15) is 0 Å². The van der Waals surface area contributed by atoms with Crippen molar-refractivity contribution >= 4 is 11.6 Å². The summed E-state index contributed by atoms with van der Waals surface area (Å²) in [6, 6.07) is 11.6. The highest BCUT2D eigenvalue weighted by atomic mass is 35.5. The molecule has 2 N–H and O–H groups in total. The van der Waals surface area contributed by atoms with Gasteiger partial charge in [0.2, 0.25) is 0 Å². The lowest BCUT2D eigenvalue weighted by atomic mass is 10.2. The van der Waals surface area contributed by atoms with Gasteiger partial charge in [0.25, 0.3) is 0 Å². The number of pyridine rings is 1. The molecule has 0 aliphatic rings. The molecule has 2 aromatic rings. The van der Waals surface area contributed by atoms with Gasteiger partial charge in [0, 0.05) is 23.2 Å². The van der Waals surface area contributed by atoms with E-state index in [9.17, 15) is 0 Å². The molecule has 1 unspecified atom stereocenters. The molecule has 0 saturated carbocycles. The Bertz CT molecular complexity index is 526. The van der Waals surface area contributed by atoms with Gasteiger partial charge in [-0.1, -0.05) is 23.7 Å². The molecular weight excluding hydrogens is 260 g/mol. The van der Waals surface area contributed by atoms with Crippen LogP contribution in [0.2, 0.25) is 5.02 Å². The van der Waals surface area contributed by atoms with Crippen molar-refractivity contribution in [1.29, 1.82) is 0 Å². The van der Waals surface area contributed by atoms with E-state index >= 15 is 0 Å². The monoisotopic (exact) mass is 276 g/mol. The highest BCUT2D eigenvalue weighted by Gasteiger charge is 2.01. The molecule has 1 aromatic carbocycles. The van der Waals surface area contributed by atoms with Gasteiger partial charge in [0.1, 0.15) is 12.4 Å². The number of nitrogens with two attached hydrogens (primary N) is 1. The van der Waals surface area contributed by atoms with E-state index in [1.807, 2.05) is 43.3 Å².